The molecule has 1 unspecified atom stereocenters. The van der Waals surface area contributed by atoms with E-state index >= 15 is 0 Å². The normalized spacial score (nSPS) is 11.9. The Morgan fingerprint density at radius 2 is 1.90 bits per heavy atom. The van der Waals surface area contributed by atoms with Gasteiger partial charge in [0, 0.05) is 6.42 Å². The number of carboxylic acids is 2. The fraction of sp³-hybridized carbons (Fsp3) is 0.250. The zero-order chi connectivity index (χ0) is 21.8. The lowest BCUT2D eigenvalue weighted by atomic mass is 10.1. The molecule has 1 aromatic carbocycles. The van der Waals surface area contributed by atoms with Gasteiger partial charge in [0.25, 0.3) is 11.5 Å². The van der Waals surface area contributed by atoms with Crippen molar-refractivity contribution in [1.82, 2.24) is 14.9 Å². The first kappa shape index (κ1) is 21.2. The zero-order valence-corrected chi connectivity index (χ0v) is 16.8. The van der Waals surface area contributed by atoms with Crippen LogP contribution in [0.15, 0.2) is 41.5 Å². The van der Waals surface area contributed by atoms with Crippen molar-refractivity contribution < 1.29 is 24.6 Å². The molecule has 0 spiro atoms. The Kier molecular flexibility index (Phi) is 6.26. The second-order valence-electron chi connectivity index (χ2n) is 6.70. The Morgan fingerprint density at radius 3 is 2.53 bits per heavy atom. The largest absolute Gasteiger partial charge is 0.481 e. The summed E-state index contributed by atoms with van der Waals surface area (Å²) in [4.78, 5) is 52.5. The third-order valence-electron chi connectivity index (χ3n) is 4.57. The van der Waals surface area contributed by atoms with Gasteiger partial charge >= 0.3 is 11.9 Å². The molecule has 2 aromatic heterocycles. The average molecular weight is 429 g/mol. The SMILES string of the molecule is Cc1c(C(=O)NC(CCC(=O)O)C(=O)O)sc2ncn(Cc3ccccc3)c(=O)c12. The molecule has 0 bridgehead atoms. The fourth-order valence-electron chi connectivity index (χ4n) is 3.02. The fourth-order valence-corrected chi connectivity index (χ4v) is 4.06. The molecule has 10 heteroatoms. The van der Waals surface area contributed by atoms with E-state index in [1.165, 1.54) is 10.9 Å². The Bertz CT molecular complexity index is 1170. The Labute approximate surface area is 174 Å². The van der Waals surface area contributed by atoms with Crippen LogP contribution in [0.2, 0.25) is 0 Å². The van der Waals surface area contributed by atoms with Gasteiger partial charge in [-0.15, -0.1) is 11.3 Å². The first-order chi connectivity index (χ1) is 14.3. The summed E-state index contributed by atoms with van der Waals surface area (Å²) in [5.41, 5.74) is 1.04. The minimum absolute atomic E-state index is 0.175. The van der Waals surface area contributed by atoms with Crippen molar-refractivity contribution in [3.05, 3.63) is 63.0 Å². The van der Waals surface area contributed by atoms with Gasteiger partial charge in [0.05, 0.1) is 23.1 Å². The standard InChI is InChI=1S/C20H19N3O6S/c1-11-15-18(21-10-23(19(15)27)9-12-5-3-2-4-6-12)30-16(11)17(26)22-13(20(28)29)7-8-14(24)25/h2-6,10,13H,7-9H2,1H3,(H,22,26)(H,24,25)(H,28,29). The van der Waals surface area contributed by atoms with Gasteiger partial charge in [-0.05, 0) is 24.5 Å². The molecule has 1 amide bonds. The number of hydrogen-bond acceptors (Lipinski definition) is 6. The molecule has 3 N–H and O–H groups in total. The van der Waals surface area contributed by atoms with Crippen molar-refractivity contribution in [3.63, 3.8) is 0 Å². The van der Waals surface area contributed by atoms with Crippen LogP contribution in [0.4, 0.5) is 0 Å². The van der Waals surface area contributed by atoms with E-state index in [2.05, 4.69) is 10.3 Å². The molecule has 0 saturated heterocycles. The lowest BCUT2D eigenvalue weighted by molar-refractivity contribution is -0.140. The number of amides is 1. The minimum Gasteiger partial charge on any atom is -0.481 e. The van der Waals surface area contributed by atoms with E-state index < -0.39 is 30.3 Å². The predicted octanol–water partition coefficient (Wildman–Crippen LogP) is 1.86. The van der Waals surface area contributed by atoms with Crippen molar-refractivity contribution in [1.29, 1.82) is 0 Å². The highest BCUT2D eigenvalue weighted by molar-refractivity contribution is 7.20. The number of aromatic nitrogens is 2. The van der Waals surface area contributed by atoms with Crippen LogP contribution < -0.4 is 10.9 Å². The Morgan fingerprint density at radius 1 is 1.20 bits per heavy atom. The number of carbonyl (C=O) groups is 3. The lowest BCUT2D eigenvalue weighted by Gasteiger charge is -2.13. The number of aliphatic carboxylic acids is 2. The number of fused-ring (bicyclic) bond motifs is 1. The monoisotopic (exact) mass is 429 g/mol. The van der Waals surface area contributed by atoms with Crippen LogP contribution in [0.3, 0.4) is 0 Å². The van der Waals surface area contributed by atoms with Gasteiger partial charge in [-0.1, -0.05) is 30.3 Å². The first-order valence-electron chi connectivity index (χ1n) is 9.06. The molecule has 30 heavy (non-hydrogen) atoms. The molecular formula is C20H19N3O6S. The summed E-state index contributed by atoms with van der Waals surface area (Å²) in [6.45, 7) is 1.94. The van der Waals surface area contributed by atoms with E-state index in [4.69, 9.17) is 5.11 Å². The summed E-state index contributed by atoms with van der Waals surface area (Å²) in [6.07, 6.45) is 0.777. The van der Waals surface area contributed by atoms with Gasteiger partial charge in [-0.2, -0.15) is 0 Å². The van der Waals surface area contributed by atoms with Crippen LogP contribution >= 0.6 is 11.3 Å². The first-order valence-corrected chi connectivity index (χ1v) is 9.87. The van der Waals surface area contributed by atoms with E-state index in [-0.39, 0.29) is 16.9 Å². The van der Waals surface area contributed by atoms with Crippen molar-refractivity contribution >= 4 is 39.4 Å². The summed E-state index contributed by atoms with van der Waals surface area (Å²) >= 11 is 0.994. The lowest BCUT2D eigenvalue weighted by Crippen LogP contribution is -2.41. The van der Waals surface area contributed by atoms with Crippen LogP contribution in [-0.2, 0) is 16.1 Å². The van der Waals surface area contributed by atoms with Gasteiger partial charge in [-0.3, -0.25) is 19.0 Å². The van der Waals surface area contributed by atoms with Crippen molar-refractivity contribution in [2.24, 2.45) is 0 Å². The van der Waals surface area contributed by atoms with E-state index in [1.807, 2.05) is 30.3 Å². The summed E-state index contributed by atoms with van der Waals surface area (Å²) in [7, 11) is 0. The van der Waals surface area contributed by atoms with Crippen molar-refractivity contribution in [3.8, 4) is 0 Å². The van der Waals surface area contributed by atoms with Crippen LogP contribution in [0.25, 0.3) is 10.2 Å². The smallest absolute Gasteiger partial charge is 0.326 e. The van der Waals surface area contributed by atoms with E-state index in [1.54, 1.807) is 6.92 Å². The quantitative estimate of drug-likeness (QED) is 0.497. The molecule has 2 heterocycles. The molecule has 3 rings (SSSR count). The molecule has 0 aliphatic carbocycles. The number of carboxylic acid groups (broad SMARTS) is 2. The number of nitrogens with one attached hydrogen (secondary N) is 1. The predicted molar refractivity (Wildman–Crippen MR) is 110 cm³/mol. The minimum atomic E-state index is -1.35. The maximum Gasteiger partial charge on any atom is 0.326 e. The van der Waals surface area contributed by atoms with Crippen LogP contribution in [0, 0.1) is 6.92 Å². The molecule has 156 valence electrons. The van der Waals surface area contributed by atoms with Crippen LogP contribution in [0.5, 0.6) is 0 Å². The highest BCUT2D eigenvalue weighted by Crippen LogP contribution is 2.27. The van der Waals surface area contributed by atoms with Crippen LogP contribution in [-0.4, -0.2) is 43.7 Å². The Hall–Kier alpha value is -3.53. The summed E-state index contributed by atoms with van der Waals surface area (Å²) in [6, 6.07) is 8.04. The molecule has 0 fully saturated rings. The van der Waals surface area contributed by atoms with E-state index in [9.17, 15) is 24.3 Å². The molecule has 1 atom stereocenters. The zero-order valence-electron chi connectivity index (χ0n) is 16.0. The topological polar surface area (TPSA) is 139 Å². The van der Waals surface area contributed by atoms with Gasteiger partial charge in [-0.25, -0.2) is 9.78 Å². The molecular weight excluding hydrogens is 410 g/mol. The maximum atomic E-state index is 12.9. The number of thiophene rings is 1. The van der Waals surface area contributed by atoms with Gasteiger partial charge in [0.1, 0.15) is 10.9 Å². The van der Waals surface area contributed by atoms with E-state index in [0.29, 0.717) is 22.3 Å². The second-order valence-corrected chi connectivity index (χ2v) is 7.70. The average Bonchev–Trinajstić information content (AvgIpc) is 3.05. The highest BCUT2D eigenvalue weighted by atomic mass is 32.1. The molecule has 0 aliphatic rings. The summed E-state index contributed by atoms with van der Waals surface area (Å²) in [5, 5.41) is 20.6. The molecule has 0 aliphatic heterocycles. The van der Waals surface area contributed by atoms with Crippen molar-refractivity contribution in [2.75, 3.05) is 0 Å². The summed E-state index contributed by atoms with van der Waals surface area (Å²) in [5.74, 6) is -3.16. The number of nitrogens with zero attached hydrogens (tertiary/aromatic N) is 2. The third-order valence-corrected chi connectivity index (χ3v) is 5.77. The molecule has 0 saturated carbocycles. The summed E-state index contributed by atoms with van der Waals surface area (Å²) < 4.78 is 1.45. The number of benzene rings is 1. The number of aryl methyl sites for hydroxylation is 1. The highest BCUT2D eigenvalue weighted by Gasteiger charge is 2.25. The number of carbonyl (C=O) groups excluding carboxylic acids is 1. The van der Waals surface area contributed by atoms with Gasteiger partial charge in [0.15, 0.2) is 0 Å². The molecule has 9 nitrogen and oxygen atoms in total. The third kappa shape index (κ3) is 4.54. The van der Waals surface area contributed by atoms with Gasteiger partial charge in [0.2, 0.25) is 0 Å². The Balaban J connectivity index is 1.90. The van der Waals surface area contributed by atoms with E-state index in [0.717, 1.165) is 16.9 Å². The van der Waals surface area contributed by atoms with Crippen LogP contribution in [0.1, 0.15) is 33.6 Å². The second kappa shape index (κ2) is 8.87. The molecule has 3 aromatic rings. The molecule has 0 radical (unpaired) electrons. The number of rotatable bonds is 8. The van der Waals surface area contributed by atoms with Crippen molar-refractivity contribution in [2.45, 2.75) is 32.4 Å². The van der Waals surface area contributed by atoms with Gasteiger partial charge < -0.3 is 15.5 Å². The maximum absolute atomic E-state index is 12.9. The number of hydrogen-bond donors (Lipinski definition) is 3.